The molecule has 1 aliphatic rings. The molecule has 1 aromatic rings. The first kappa shape index (κ1) is 15.3. The molecule has 0 radical (unpaired) electrons. The summed E-state index contributed by atoms with van der Waals surface area (Å²) in [5, 5.41) is 14.3. The van der Waals surface area contributed by atoms with E-state index in [9.17, 15) is 5.11 Å². The minimum atomic E-state index is -0.630. The van der Waals surface area contributed by atoms with Crippen LogP contribution in [-0.2, 0) is 0 Å². The van der Waals surface area contributed by atoms with Gasteiger partial charge in [-0.2, -0.15) is 0 Å². The van der Waals surface area contributed by atoms with E-state index in [2.05, 4.69) is 50.0 Å². The molecule has 0 unspecified atom stereocenters. The van der Waals surface area contributed by atoms with Crippen molar-refractivity contribution in [1.29, 1.82) is 0 Å². The Morgan fingerprint density at radius 1 is 1.40 bits per heavy atom. The van der Waals surface area contributed by atoms with E-state index in [-0.39, 0.29) is 12.1 Å². The van der Waals surface area contributed by atoms with Crippen LogP contribution in [-0.4, -0.2) is 16.7 Å². The number of allylic oxidation sites excluding steroid dienone is 1. The van der Waals surface area contributed by atoms with Gasteiger partial charge in [0.05, 0.1) is 5.60 Å². The monoisotopic (exact) mass is 273 g/mol. The van der Waals surface area contributed by atoms with Crippen molar-refractivity contribution in [3.05, 3.63) is 48.0 Å². The van der Waals surface area contributed by atoms with Gasteiger partial charge in [-0.15, -0.1) is 0 Å². The van der Waals surface area contributed by atoms with Gasteiger partial charge in [-0.05, 0) is 51.5 Å². The standard InChI is InChI=1S/C18H27NO/c1-13(2)16-10-11-18(4,20)17(12-16)19-14(3)15-8-6-5-7-9-15/h5-9,14,16-17,19-20H,1,10-12H2,2-4H3/t14-,16+,17-,18-/m0/s1. The first-order chi connectivity index (χ1) is 9.40. The Morgan fingerprint density at radius 3 is 2.65 bits per heavy atom. The van der Waals surface area contributed by atoms with Crippen LogP contribution in [0.1, 0.15) is 51.6 Å². The number of hydrogen-bond donors (Lipinski definition) is 2. The van der Waals surface area contributed by atoms with Crippen LogP contribution in [0.15, 0.2) is 42.5 Å². The lowest BCUT2D eigenvalue weighted by Gasteiger charge is -2.43. The van der Waals surface area contributed by atoms with Crippen LogP contribution in [0.2, 0.25) is 0 Å². The molecular formula is C18H27NO. The predicted molar refractivity (Wildman–Crippen MR) is 84.6 cm³/mol. The molecule has 0 saturated heterocycles. The smallest absolute Gasteiger partial charge is 0.0772 e. The van der Waals surface area contributed by atoms with Crippen LogP contribution >= 0.6 is 0 Å². The van der Waals surface area contributed by atoms with Gasteiger partial charge in [0.25, 0.3) is 0 Å². The molecule has 1 saturated carbocycles. The lowest BCUT2D eigenvalue weighted by molar-refractivity contribution is -0.0232. The Hall–Kier alpha value is -1.12. The predicted octanol–water partition coefficient (Wildman–Crippen LogP) is 3.83. The Labute approximate surface area is 122 Å². The molecule has 1 aliphatic carbocycles. The molecule has 20 heavy (non-hydrogen) atoms. The lowest BCUT2D eigenvalue weighted by atomic mass is 9.73. The number of rotatable bonds is 4. The fourth-order valence-corrected chi connectivity index (χ4v) is 3.13. The van der Waals surface area contributed by atoms with E-state index in [0.29, 0.717) is 5.92 Å². The first-order valence-corrected chi connectivity index (χ1v) is 7.59. The maximum atomic E-state index is 10.6. The van der Waals surface area contributed by atoms with Crippen molar-refractivity contribution in [3.8, 4) is 0 Å². The Kier molecular flexibility index (Phi) is 4.66. The third-order valence-electron chi connectivity index (χ3n) is 4.72. The molecule has 0 heterocycles. The molecule has 0 aliphatic heterocycles. The highest BCUT2D eigenvalue weighted by Crippen LogP contribution is 2.36. The summed E-state index contributed by atoms with van der Waals surface area (Å²) in [6.07, 6.45) is 2.85. The topological polar surface area (TPSA) is 32.3 Å². The first-order valence-electron chi connectivity index (χ1n) is 7.59. The summed E-state index contributed by atoms with van der Waals surface area (Å²) in [5.41, 5.74) is 1.87. The molecule has 1 aromatic carbocycles. The van der Waals surface area contributed by atoms with Crippen LogP contribution in [0.4, 0.5) is 0 Å². The lowest BCUT2D eigenvalue weighted by Crippen LogP contribution is -2.53. The molecule has 110 valence electrons. The fourth-order valence-electron chi connectivity index (χ4n) is 3.13. The molecule has 0 spiro atoms. The average molecular weight is 273 g/mol. The van der Waals surface area contributed by atoms with Gasteiger partial charge in [0.1, 0.15) is 0 Å². The van der Waals surface area contributed by atoms with Gasteiger partial charge < -0.3 is 10.4 Å². The molecule has 2 N–H and O–H groups in total. The molecule has 1 fully saturated rings. The van der Waals surface area contributed by atoms with Crippen molar-refractivity contribution in [3.63, 3.8) is 0 Å². The van der Waals surface area contributed by atoms with Crippen molar-refractivity contribution in [2.45, 2.75) is 57.7 Å². The third-order valence-corrected chi connectivity index (χ3v) is 4.72. The zero-order valence-electron chi connectivity index (χ0n) is 12.9. The van der Waals surface area contributed by atoms with Crippen LogP contribution in [0.5, 0.6) is 0 Å². The van der Waals surface area contributed by atoms with Gasteiger partial charge in [0, 0.05) is 12.1 Å². The molecule has 4 atom stereocenters. The van der Waals surface area contributed by atoms with Crippen molar-refractivity contribution >= 4 is 0 Å². The summed E-state index contributed by atoms with van der Waals surface area (Å²) in [4.78, 5) is 0. The second-order valence-electron chi connectivity index (χ2n) is 6.53. The van der Waals surface area contributed by atoms with Crippen LogP contribution in [0, 0.1) is 5.92 Å². The quantitative estimate of drug-likeness (QED) is 0.817. The summed E-state index contributed by atoms with van der Waals surface area (Å²) >= 11 is 0. The van der Waals surface area contributed by atoms with Crippen molar-refractivity contribution < 1.29 is 5.11 Å². The molecule has 2 heteroatoms. The maximum Gasteiger partial charge on any atom is 0.0772 e. The van der Waals surface area contributed by atoms with Crippen LogP contribution in [0.3, 0.4) is 0 Å². The molecule has 2 rings (SSSR count). The highest BCUT2D eigenvalue weighted by atomic mass is 16.3. The van der Waals surface area contributed by atoms with Gasteiger partial charge in [-0.25, -0.2) is 0 Å². The fraction of sp³-hybridized carbons (Fsp3) is 0.556. The van der Waals surface area contributed by atoms with Gasteiger partial charge in [0.15, 0.2) is 0 Å². The zero-order valence-corrected chi connectivity index (χ0v) is 12.9. The van der Waals surface area contributed by atoms with E-state index in [4.69, 9.17) is 0 Å². The zero-order chi connectivity index (χ0) is 14.8. The number of benzene rings is 1. The Balaban J connectivity index is 2.07. The number of aliphatic hydroxyl groups is 1. The molecular weight excluding hydrogens is 246 g/mol. The second-order valence-corrected chi connectivity index (χ2v) is 6.53. The highest BCUT2D eigenvalue weighted by Gasteiger charge is 2.39. The van der Waals surface area contributed by atoms with Crippen LogP contribution in [0.25, 0.3) is 0 Å². The average Bonchev–Trinajstić information content (AvgIpc) is 2.41. The molecule has 0 bridgehead atoms. The number of hydrogen-bond acceptors (Lipinski definition) is 2. The van der Waals surface area contributed by atoms with Gasteiger partial charge in [0.2, 0.25) is 0 Å². The Morgan fingerprint density at radius 2 is 2.05 bits per heavy atom. The number of nitrogens with one attached hydrogen (secondary N) is 1. The van der Waals surface area contributed by atoms with E-state index >= 15 is 0 Å². The van der Waals surface area contributed by atoms with Gasteiger partial charge in [-0.1, -0.05) is 42.5 Å². The minimum Gasteiger partial charge on any atom is -0.389 e. The van der Waals surface area contributed by atoms with Gasteiger partial charge >= 0.3 is 0 Å². The summed E-state index contributed by atoms with van der Waals surface area (Å²) in [6.45, 7) is 10.3. The summed E-state index contributed by atoms with van der Waals surface area (Å²) in [7, 11) is 0. The van der Waals surface area contributed by atoms with Gasteiger partial charge in [-0.3, -0.25) is 0 Å². The van der Waals surface area contributed by atoms with E-state index in [1.807, 2.05) is 13.0 Å². The van der Waals surface area contributed by atoms with E-state index in [1.165, 1.54) is 11.1 Å². The van der Waals surface area contributed by atoms with E-state index in [1.54, 1.807) is 0 Å². The largest absolute Gasteiger partial charge is 0.389 e. The third kappa shape index (κ3) is 3.50. The highest BCUT2D eigenvalue weighted by molar-refractivity contribution is 5.19. The van der Waals surface area contributed by atoms with Crippen molar-refractivity contribution in [2.24, 2.45) is 5.92 Å². The Bertz CT molecular complexity index is 452. The van der Waals surface area contributed by atoms with E-state index in [0.717, 1.165) is 19.3 Å². The van der Waals surface area contributed by atoms with E-state index < -0.39 is 5.60 Å². The van der Waals surface area contributed by atoms with Crippen molar-refractivity contribution in [1.82, 2.24) is 5.32 Å². The normalized spacial score (nSPS) is 31.8. The van der Waals surface area contributed by atoms with Crippen LogP contribution < -0.4 is 5.32 Å². The molecule has 2 nitrogen and oxygen atoms in total. The molecule has 0 amide bonds. The SMILES string of the molecule is C=C(C)[C@@H]1CC[C@](C)(O)[C@@H](N[C@@H](C)c2ccccc2)C1. The second kappa shape index (κ2) is 6.11. The van der Waals surface area contributed by atoms with Crippen molar-refractivity contribution in [2.75, 3.05) is 0 Å². The summed E-state index contributed by atoms with van der Waals surface area (Å²) in [6, 6.07) is 10.8. The minimum absolute atomic E-state index is 0.119. The molecule has 0 aromatic heterocycles. The maximum absolute atomic E-state index is 10.6. The summed E-state index contributed by atoms with van der Waals surface area (Å²) in [5.74, 6) is 0.524. The summed E-state index contributed by atoms with van der Waals surface area (Å²) < 4.78 is 0.